The van der Waals surface area contributed by atoms with E-state index in [1.54, 1.807) is 0 Å². The molecule has 0 aliphatic carbocycles. The number of amides is 1. The van der Waals surface area contributed by atoms with Crippen molar-refractivity contribution in [1.82, 2.24) is 20.4 Å². The van der Waals surface area contributed by atoms with Crippen LogP contribution in [0.3, 0.4) is 0 Å². The number of nitrogens with one attached hydrogen (secondary N) is 4. The number of likely N-dealkylation sites (N-methyl/N-ethyl adjacent to an activating group) is 1. The van der Waals surface area contributed by atoms with Gasteiger partial charge < -0.3 is 25.8 Å². The number of H-pyrrole nitrogens is 1. The molecule has 10 heteroatoms. The Morgan fingerprint density at radius 3 is 2.46 bits per heavy atom. The Balaban J connectivity index is 1.25. The van der Waals surface area contributed by atoms with E-state index in [9.17, 15) is 13.6 Å². The molecule has 1 amide bonds. The van der Waals surface area contributed by atoms with Gasteiger partial charge >= 0.3 is 0 Å². The molecular weight excluding hydrogens is 524 g/mol. The second-order valence-corrected chi connectivity index (χ2v) is 11.0. The first-order valence-electron chi connectivity index (χ1n) is 14.2. The quantitative estimate of drug-likeness (QED) is 0.265. The van der Waals surface area contributed by atoms with Gasteiger partial charge in [0, 0.05) is 55.0 Å². The van der Waals surface area contributed by atoms with Crippen LogP contribution in [0, 0.1) is 11.6 Å². The van der Waals surface area contributed by atoms with Crippen LogP contribution in [0.25, 0.3) is 10.9 Å². The third kappa shape index (κ3) is 6.34. The van der Waals surface area contributed by atoms with Gasteiger partial charge in [-0.1, -0.05) is 6.07 Å². The number of anilines is 3. The zero-order chi connectivity index (χ0) is 28.3. The van der Waals surface area contributed by atoms with E-state index in [4.69, 9.17) is 0 Å². The van der Waals surface area contributed by atoms with Crippen LogP contribution in [0.2, 0.25) is 0 Å². The fourth-order valence-corrected chi connectivity index (χ4v) is 5.69. The maximum Gasteiger partial charge on any atom is 0.258 e. The molecule has 0 radical (unpaired) electrons. The predicted molar refractivity (Wildman–Crippen MR) is 159 cm³/mol. The molecule has 0 bridgehead atoms. The first kappa shape index (κ1) is 27.2. The Morgan fingerprint density at radius 2 is 1.71 bits per heavy atom. The van der Waals surface area contributed by atoms with Crippen molar-refractivity contribution >= 4 is 34.0 Å². The SMILES string of the molecule is CN1CCN(c2ccc(C(=O)Nc3n[nH]c4ccc(Cc5cc(F)cc(F)c5)cc34)c(NC3CCNCC3)c2)CC1. The van der Waals surface area contributed by atoms with Crippen molar-refractivity contribution in [3.63, 3.8) is 0 Å². The largest absolute Gasteiger partial charge is 0.382 e. The molecule has 0 saturated carbocycles. The fourth-order valence-electron chi connectivity index (χ4n) is 5.69. The van der Waals surface area contributed by atoms with Crippen LogP contribution in [0.1, 0.15) is 34.3 Å². The number of piperidine rings is 1. The van der Waals surface area contributed by atoms with Gasteiger partial charge in [0.1, 0.15) is 11.6 Å². The lowest BCUT2D eigenvalue weighted by Gasteiger charge is -2.34. The summed E-state index contributed by atoms with van der Waals surface area (Å²) in [5.74, 6) is -1.06. The standard InChI is InChI=1S/C31H35F2N7O/c1-39-10-12-40(13-11-39)25-3-4-26(29(19-25)35-24-6-8-34-9-7-24)31(41)36-30-27-17-20(2-5-28(27)37-38-30)14-21-15-22(32)18-23(33)16-21/h2-5,15-19,24,34-35H,6-14H2,1H3,(H2,36,37,38,41). The van der Waals surface area contributed by atoms with Gasteiger partial charge in [0.2, 0.25) is 0 Å². The lowest BCUT2D eigenvalue weighted by atomic mass is 10.0. The van der Waals surface area contributed by atoms with Crippen LogP contribution in [0.4, 0.5) is 26.0 Å². The van der Waals surface area contributed by atoms with Gasteiger partial charge in [-0.05, 0) is 93.0 Å². The van der Waals surface area contributed by atoms with E-state index in [1.807, 2.05) is 30.3 Å². The van der Waals surface area contributed by atoms with Gasteiger partial charge in [-0.3, -0.25) is 9.89 Å². The molecule has 2 saturated heterocycles. The first-order chi connectivity index (χ1) is 19.9. The van der Waals surface area contributed by atoms with E-state index in [0.29, 0.717) is 23.4 Å². The van der Waals surface area contributed by atoms with E-state index >= 15 is 0 Å². The summed E-state index contributed by atoms with van der Waals surface area (Å²) in [6.07, 6.45) is 2.32. The monoisotopic (exact) mass is 559 g/mol. The summed E-state index contributed by atoms with van der Waals surface area (Å²) in [4.78, 5) is 18.4. The number of aromatic nitrogens is 2. The molecular formula is C31H35F2N7O. The van der Waals surface area contributed by atoms with Crippen LogP contribution in [0.5, 0.6) is 0 Å². The third-order valence-electron chi connectivity index (χ3n) is 8.00. The van der Waals surface area contributed by atoms with Crippen molar-refractivity contribution in [2.45, 2.75) is 25.3 Å². The fraction of sp³-hybridized carbons (Fsp3) is 0.355. The number of fused-ring (bicyclic) bond motifs is 1. The molecule has 6 rings (SSSR count). The van der Waals surface area contributed by atoms with Crippen molar-refractivity contribution in [1.29, 1.82) is 0 Å². The van der Waals surface area contributed by atoms with E-state index in [2.05, 4.69) is 49.1 Å². The summed E-state index contributed by atoms with van der Waals surface area (Å²) in [6.45, 7) is 5.78. The maximum atomic E-state index is 13.7. The molecule has 0 atom stereocenters. The Labute approximate surface area is 238 Å². The summed E-state index contributed by atoms with van der Waals surface area (Å²) >= 11 is 0. The lowest BCUT2D eigenvalue weighted by Crippen LogP contribution is -2.44. The minimum absolute atomic E-state index is 0.252. The topological polar surface area (TPSA) is 88.3 Å². The molecule has 2 fully saturated rings. The number of nitrogens with zero attached hydrogens (tertiary/aromatic N) is 3. The van der Waals surface area contributed by atoms with E-state index in [0.717, 1.165) is 86.0 Å². The predicted octanol–water partition coefficient (Wildman–Crippen LogP) is 4.60. The zero-order valence-electron chi connectivity index (χ0n) is 23.1. The highest BCUT2D eigenvalue weighted by Gasteiger charge is 2.22. The molecule has 0 unspecified atom stereocenters. The molecule has 8 nitrogen and oxygen atoms in total. The summed E-state index contributed by atoms with van der Waals surface area (Å²) < 4.78 is 27.4. The summed E-state index contributed by atoms with van der Waals surface area (Å²) in [5, 5.41) is 18.1. The molecule has 214 valence electrons. The number of hydrogen-bond acceptors (Lipinski definition) is 6. The van der Waals surface area contributed by atoms with Gasteiger partial charge in [0.05, 0.1) is 11.1 Å². The molecule has 2 aliphatic rings. The highest BCUT2D eigenvalue weighted by Crippen LogP contribution is 2.29. The first-order valence-corrected chi connectivity index (χ1v) is 14.2. The zero-order valence-corrected chi connectivity index (χ0v) is 23.1. The number of halogens is 2. The van der Waals surface area contributed by atoms with E-state index in [1.165, 1.54) is 12.1 Å². The Bertz CT molecular complexity index is 1520. The van der Waals surface area contributed by atoms with Crippen LogP contribution in [-0.4, -0.2) is 73.4 Å². The molecule has 4 N–H and O–H groups in total. The van der Waals surface area contributed by atoms with Crippen molar-refractivity contribution < 1.29 is 13.6 Å². The molecule has 3 aromatic carbocycles. The van der Waals surface area contributed by atoms with Gasteiger partial charge in [-0.2, -0.15) is 5.10 Å². The van der Waals surface area contributed by atoms with Crippen molar-refractivity contribution in [2.75, 3.05) is 61.8 Å². The van der Waals surface area contributed by atoms with Gasteiger partial charge in [0.25, 0.3) is 5.91 Å². The van der Waals surface area contributed by atoms with Crippen LogP contribution < -0.4 is 20.9 Å². The summed E-state index contributed by atoms with van der Waals surface area (Å²) in [6, 6.07) is 15.4. The number of hydrogen-bond donors (Lipinski definition) is 4. The molecule has 1 aromatic heterocycles. The van der Waals surface area contributed by atoms with Gasteiger partial charge in [-0.25, -0.2) is 8.78 Å². The minimum atomic E-state index is -0.607. The number of piperazine rings is 1. The summed E-state index contributed by atoms with van der Waals surface area (Å²) in [7, 11) is 2.14. The number of carbonyl (C=O) groups excluding carboxylic acids is 1. The number of rotatable bonds is 7. The maximum absolute atomic E-state index is 13.7. The third-order valence-corrected chi connectivity index (χ3v) is 8.00. The highest BCUT2D eigenvalue weighted by atomic mass is 19.1. The Hall–Kier alpha value is -4.02. The molecule has 2 aliphatic heterocycles. The number of benzene rings is 3. The number of carbonyl (C=O) groups is 1. The normalized spacial score (nSPS) is 16.7. The van der Waals surface area contributed by atoms with Gasteiger partial charge in [0.15, 0.2) is 5.82 Å². The van der Waals surface area contributed by atoms with E-state index in [-0.39, 0.29) is 11.9 Å². The van der Waals surface area contributed by atoms with Crippen molar-refractivity contribution in [3.8, 4) is 0 Å². The second-order valence-electron chi connectivity index (χ2n) is 11.0. The molecule has 4 aromatic rings. The Kier molecular flexibility index (Phi) is 7.84. The van der Waals surface area contributed by atoms with Crippen molar-refractivity contribution in [3.05, 3.63) is 82.9 Å². The molecule has 0 spiro atoms. The highest BCUT2D eigenvalue weighted by molar-refractivity contribution is 6.11. The molecule has 3 heterocycles. The van der Waals surface area contributed by atoms with Crippen molar-refractivity contribution in [2.24, 2.45) is 0 Å². The van der Waals surface area contributed by atoms with Crippen LogP contribution in [-0.2, 0) is 6.42 Å². The van der Waals surface area contributed by atoms with Crippen LogP contribution >= 0.6 is 0 Å². The summed E-state index contributed by atoms with van der Waals surface area (Å²) in [5.41, 5.74) is 4.63. The molecule has 41 heavy (non-hydrogen) atoms. The second kappa shape index (κ2) is 11.8. The average Bonchev–Trinajstić information content (AvgIpc) is 3.35. The van der Waals surface area contributed by atoms with E-state index < -0.39 is 11.6 Å². The Morgan fingerprint density at radius 1 is 0.951 bits per heavy atom. The minimum Gasteiger partial charge on any atom is -0.382 e. The lowest BCUT2D eigenvalue weighted by molar-refractivity contribution is 0.102. The average molecular weight is 560 g/mol. The van der Waals surface area contributed by atoms with Gasteiger partial charge in [-0.15, -0.1) is 0 Å². The van der Waals surface area contributed by atoms with Crippen LogP contribution in [0.15, 0.2) is 54.6 Å². The number of aromatic amines is 1. The smallest absolute Gasteiger partial charge is 0.258 e.